The highest BCUT2D eigenvalue weighted by molar-refractivity contribution is 5.82. The average Bonchev–Trinajstić information content (AvgIpc) is 2.42. The molecule has 1 aromatic carbocycles. The van der Waals surface area contributed by atoms with Gasteiger partial charge in [-0.3, -0.25) is 9.78 Å². The van der Waals surface area contributed by atoms with Gasteiger partial charge in [-0.2, -0.15) is 0 Å². The van der Waals surface area contributed by atoms with Gasteiger partial charge in [0.15, 0.2) is 0 Å². The molecule has 1 unspecified atom stereocenters. The van der Waals surface area contributed by atoms with Gasteiger partial charge in [0, 0.05) is 12.4 Å². The van der Waals surface area contributed by atoms with Crippen LogP contribution in [0.3, 0.4) is 0 Å². The fourth-order valence-corrected chi connectivity index (χ4v) is 1.89. The lowest BCUT2D eigenvalue weighted by atomic mass is 9.92. The predicted molar refractivity (Wildman–Crippen MR) is 69.2 cm³/mol. The molecule has 18 heavy (non-hydrogen) atoms. The first-order chi connectivity index (χ1) is 8.83. The third kappa shape index (κ3) is 2.74. The molecule has 92 valence electrons. The summed E-state index contributed by atoms with van der Waals surface area (Å²) in [6, 6.07) is 13.3. The molecule has 1 heterocycles. The number of rotatable bonds is 4. The number of hydrogen-bond acceptors (Lipinski definition) is 3. The Hall–Kier alpha value is -2.16. The molecule has 0 aliphatic carbocycles. The van der Waals surface area contributed by atoms with Crippen molar-refractivity contribution in [1.82, 2.24) is 4.98 Å². The van der Waals surface area contributed by atoms with E-state index in [1.165, 1.54) is 0 Å². The smallest absolute Gasteiger partial charge is 0.317 e. The van der Waals surface area contributed by atoms with Gasteiger partial charge in [0.05, 0.1) is 6.61 Å². The van der Waals surface area contributed by atoms with Crippen LogP contribution in [0.4, 0.5) is 0 Å². The Bertz CT molecular complexity index is 457. The van der Waals surface area contributed by atoms with Crippen LogP contribution in [0.2, 0.25) is 0 Å². The van der Waals surface area contributed by atoms with Gasteiger partial charge >= 0.3 is 5.97 Å². The largest absolute Gasteiger partial charge is 0.465 e. The summed E-state index contributed by atoms with van der Waals surface area (Å²) in [5.41, 5.74) is 1.83. The minimum atomic E-state index is -0.380. The van der Waals surface area contributed by atoms with Crippen LogP contribution in [0.25, 0.3) is 0 Å². The van der Waals surface area contributed by atoms with Crippen molar-refractivity contribution in [2.24, 2.45) is 0 Å². The Balaban J connectivity index is 2.38. The topological polar surface area (TPSA) is 39.2 Å². The van der Waals surface area contributed by atoms with Gasteiger partial charge in [0.25, 0.3) is 0 Å². The second-order valence-corrected chi connectivity index (χ2v) is 3.88. The lowest BCUT2D eigenvalue weighted by Crippen LogP contribution is -2.17. The summed E-state index contributed by atoms with van der Waals surface area (Å²) in [7, 11) is 0. The summed E-state index contributed by atoms with van der Waals surface area (Å²) in [6.45, 7) is 2.19. The summed E-state index contributed by atoms with van der Waals surface area (Å²) in [5.74, 6) is -0.607. The molecular weight excluding hydrogens is 226 g/mol. The van der Waals surface area contributed by atoms with Gasteiger partial charge in [-0.15, -0.1) is 0 Å². The van der Waals surface area contributed by atoms with Gasteiger partial charge in [-0.25, -0.2) is 0 Å². The molecule has 3 nitrogen and oxygen atoms in total. The first kappa shape index (κ1) is 12.3. The standard InChI is InChI=1S/C15H15NO2/c1-2-18-15(17)14(12-6-4-3-5-7-12)13-8-10-16-11-9-13/h3-11,14H,2H2,1H3. The summed E-state index contributed by atoms with van der Waals surface area (Å²) in [5, 5.41) is 0. The van der Waals surface area contributed by atoms with Crippen molar-refractivity contribution >= 4 is 5.97 Å². The average molecular weight is 241 g/mol. The van der Waals surface area contributed by atoms with Gasteiger partial charge in [0.1, 0.15) is 5.92 Å². The molecule has 0 saturated carbocycles. The SMILES string of the molecule is CCOC(=O)C(c1ccccc1)c1ccncc1. The van der Waals surface area contributed by atoms with E-state index in [0.29, 0.717) is 6.61 Å². The molecule has 0 amide bonds. The highest BCUT2D eigenvalue weighted by Crippen LogP contribution is 2.25. The van der Waals surface area contributed by atoms with Gasteiger partial charge in [-0.1, -0.05) is 30.3 Å². The molecule has 0 saturated heterocycles. The molecule has 0 spiro atoms. The van der Waals surface area contributed by atoms with Crippen molar-refractivity contribution in [2.45, 2.75) is 12.8 Å². The maximum atomic E-state index is 12.1. The van der Waals surface area contributed by atoms with Crippen LogP contribution < -0.4 is 0 Å². The van der Waals surface area contributed by atoms with Crippen molar-refractivity contribution in [2.75, 3.05) is 6.61 Å². The number of hydrogen-bond donors (Lipinski definition) is 0. The molecule has 1 aromatic heterocycles. The highest BCUT2D eigenvalue weighted by atomic mass is 16.5. The number of aromatic nitrogens is 1. The summed E-state index contributed by atoms with van der Waals surface area (Å²) < 4.78 is 5.15. The van der Waals surface area contributed by atoms with Crippen LogP contribution in [-0.2, 0) is 9.53 Å². The minimum Gasteiger partial charge on any atom is -0.465 e. The number of benzene rings is 1. The fraction of sp³-hybridized carbons (Fsp3) is 0.200. The van der Waals surface area contributed by atoms with Crippen LogP contribution in [0.5, 0.6) is 0 Å². The molecular formula is C15H15NO2. The van der Waals surface area contributed by atoms with Crippen LogP contribution in [0.15, 0.2) is 54.9 Å². The quantitative estimate of drug-likeness (QED) is 0.773. The van der Waals surface area contributed by atoms with E-state index in [1.807, 2.05) is 49.4 Å². The van der Waals surface area contributed by atoms with Crippen molar-refractivity contribution in [3.05, 3.63) is 66.0 Å². The fourth-order valence-electron chi connectivity index (χ4n) is 1.89. The van der Waals surface area contributed by atoms with Crippen LogP contribution in [-0.4, -0.2) is 17.6 Å². The molecule has 0 N–H and O–H groups in total. The van der Waals surface area contributed by atoms with E-state index < -0.39 is 0 Å². The third-order valence-electron chi connectivity index (χ3n) is 2.69. The maximum absolute atomic E-state index is 12.1. The van der Waals surface area contributed by atoms with E-state index in [0.717, 1.165) is 11.1 Å². The van der Waals surface area contributed by atoms with Crippen molar-refractivity contribution < 1.29 is 9.53 Å². The number of ether oxygens (including phenoxy) is 1. The highest BCUT2D eigenvalue weighted by Gasteiger charge is 2.23. The Labute approximate surface area is 106 Å². The molecule has 0 radical (unpaired) electrons. The molecule has 3 heteroatoms. The molecule has 1 atom stereocenters. The monoisotopic (exact) mass is 241 g/mol. The van der Waals surface area contributed by atoms with Crippen molar-refractivity contribution in [3.8, 4) is 0 Å². The normalized spacial score (nSPS) is 11.8. The third-order valence-corrected chi connectivity index (χ3v) is 2.69. The molecule has 0 aliphatic heterocycles. The second kappa shape index (κ2) is 5.96. The van der Waals surface area contributed by atoms with Gasteiger partial charge < -0.3 is 4.74 Å². The van der Waals surface area contributed by atoms with E-state index in [4.69, 9.17) is 4.74 Å². The summed E-state index contributed by atoms with van der Waals surface area (Å²) >= 11 is 0. The minimum absolute atomic E-state index is 0.227. The maximum Gasteiger partial charge on any atom is 0.317 e. The lowest BCUT2D eigenvalue weighted by Gasteiger charge is -2.16. The summed E-state index contributed by atoms with van der Waals surface area (Å²) in [6.07, 6.45) is 3.37. The number of nitrogens with zero attached hydrogens (tertiary/aromatic N) is 1. The lowest BCUT2D eigenvalue weighted by molar-refractivity contribution is -0.143. The van der Waals surface area contributed by atoms with Gasteiger partial charge in [0.2, 0.25) is 0 Å². The Morgan fingerprint density at radius 1 is 1.11 bits per heavy atom. The Morgan fingerprint density at radius 2 is 1.72 bits per heavy atom. The molecule has 0 aliphatic rings. The zero-order valence-corrected chi connectivity index (χ0v) is 10.2. The number of esters is 1. The summed E-state index contributed by atoms with van der Waals surface area (Å²) in [4.78, 5) is 16.1. The zero-order valence-electron chi connectivity index (χ0n) is 10.2. The first-order valence-corrected chi connectivity index (χ1v) is 5.94. The number of pyridine rings is 1. The number of carbonyl (C=O) groups is 1. The second-order valence-electron chi connectivity index (χ2n) is 3.88. The van der Waals surface area contributed by atoms with E-state index in [1.54, 1.807) is 12.4 Å². The van der Waals surface area contributed by atoms with Gasteiger partial charge in [-0.05, 0) is 30.2 Å². The molecule has 0 bridgehead atoms. The van der Waals surface area contributed by atoms with E-state index in [9.17, 15) is 4.79 Å². The first-order valence-electron chi connectivity index (χ1n) is 5.94. The van der Waals surface area contributed by atoms with Crippen LogP contribution in [0, 0.1) is 0 Å². The number of carbonyl (C=O) groups excluding carboxylic acids is 1. The van der Waals surface area contributed by atoms with E-state index in [-0.39, 0.29) is 11.9 Å². The van der Waals surface area contributed by atoms with E-state index >= 15 is 0 Å². The molecule has 2 rings (SSSR count). The van der Waals surface area contributed by atoms with Crippen LogP contribution in [0.1, 0.15) is 24.0 Å². The Kier molecular flexibility index (Phi) is 4.07. The van der Waals surface area contributed by atoms with Crippen molar-refractivity contribution in [3.63, 3.8) is 0 Å². The van der Waals surface area contributed by atoms with Crippen LogP contribution >= 0.6 is 0 Å². The molecule has 2 aromatic rings. The van der Waals surface area contributed by atoms with E-state index in [2.05, 4.69) is 4.98 Å². The Morgan fingerprint density at radius 3 is 2.33 bits per heavy atom. The van der Waals surface area contributed by atoms with Crippen molar-refractivity contribution in [1.29, 1.82) is 0 Å². The predicted octanol–water partition coefficient (Wildman–Crippen LogP) is 2.78. The zero-order chi connectivity index (χ0) is 12.8. The molecule has 0 fully saturated rings.